The highest BCUT2D eigenvalue weighted by Gasteiger charge is 2.47. The monoisotopic (exact) mass is 162 g/mol. The third-order valence-corrected chi connectivity index (χ3v) is 2.48. The molecule has 4 heteroatoms. The van der Waals surface area contributed by atoms with Crippen LogP contribution in [0.15, 0.2) is 0 Å². The summed E-state index contributed by atoms with van der Waals surface area (Å²) >= 11 is 0. The van der Waals surface area contributed by atoms with Gasteiger partial charge in [0.25, 0.3) is 0 Å². The predicted molar refractivity (Wildman–Crippen MR) is 37.4 cm³/mol. The summed E-state index contributed by atoms with van der Waals surface area (Å²) in [5, 5.41) is 36.9. The van der Waals surface area contributed by atoms with Crippen molar-refractivity contribution in [3.8, 4) is 0 Å². The van der Waals surface area contributed by atoms with E-state index in [9.17, 15) is 20.4 Å². The zero-order valence-corrected chi connectivity index (χ0v) is 6.49. The molecule has 0 aromatic rings. The molecule has 1 saturated carbocycles. The zero-order valence-electron chi connectivity index (χ0n) is 6.49. The van der Waals surface area contributed by atoms with Gasteiger partial charge in [0.2, 0.25) is 0 Å². The first kappa shape index (κ1) is 8.93. The van der Waals surface area contributed by atoms with Gasteiger partial charge in [0.05, 0.1) is 5.92 Å². The highest BCUT2D eigenvalue weighted by atomic mass is 16.5. The van der Waals surface area contributed by atoms with Crippen molar-refractivity contribution in [1.29, 1.82) is 0 Å². The Balaban J connectivity index is 2.76. The van der Waals surface area contributed by atoms with Gasteiger partial charge in [-0.2, -0.15) is 0 Å². The summed E-state index contributed by atoms with van der Waals surface area (Å²) in [7, 11) is 0. The molecule has 0 amide bonds. The van der Waals surface area contributed by atoms with Crippen molar-refractivity contribution in [2.75, 3.05) is 0 Å². The summed E-state index contributed by atoms with van der Waals surface area (Å²) in [5.41, 5.74) is 0. The Morgan fingerprint density at radius 2 is 1.36 bits per heavy atom. The molecule has 0 heterocycles. The second kappa shape index (κ2) is 2.42. The highest BCUT2D eigenvalue weighted by Crippen LogP contribution is 2.37. The maximum atomic E-state index is 9.21. The molecular weight excluding hydrogens is 148 g/mol. The molecule has 0 spiro atoms. The fraction of sp³-hybridized carbons (Fsp3) is 1.00. The summed E-state index contributed by atoms with van der Waals surface area (Å²) < 4.78 is 0. The largest absolute Gasteiger partial charge is 0.365 e. The van der Waals surface area contributed by atoms with Crippen LogP contribution in [0.3, 0.4) is 0 Å². The molecule has 66 valence electrons. The van der Waals surface area contributed by atoms with Crippen LogP contribution in [0, 0.1) is 5.92 Å². The summed E-state index contributed by atoms with van der Waals surface area (Å²) in [6.45, 7) is 1.42. The molecule has 0 aromatic carbocycles. The zero-order chi connectivity index (χ0) is 8.70. The van der Waals surface area contributed by atoms with Gasteiger partial charge in [-0.25, -0.2) is 0 Å². The first-order chi connectivity index (χ1) is 4.86. The molecule has 1 rings (SSSR count). The van der Waals surface area contributed by atoms with E-state index in [0.717, 1.165) is 0 Å². The Bertz CT molecular complexity index is 137. The van der Waals surface area contributed by atoms with Crippen molar-refractivity contribution >= 4 is 0 Å². The van der Waals surface area contributed by atoms with Gasteiger partial charge in [-0.3, -0.25) is 0 Å². The van der Waals surface area contributed by atoms with Crippen LogP contribution in [-0.4, -0.2) is 32.0 Å². The molecule has 0 atom stereocenters. The summed E-state index contributed by atoms with van der Waals surface area (Å²) in [4.78, 5) is 0. The lowest BCUT2D eigenvalue weighted by molar-refractivity contribution is -0.319. The van der Waals surface area contributed by atoms with E-state index in [1.54, 1.807) is 0 Å². The van der Waals surface area contributed by atoms with Gasteiger partial charge >= 0.3 is 0 Å². The van der Waals surface area contributed by atoms with Crippen LogP contribution >= 0.6 is 0 Å². The third-order valence-electron chi connectivity index (χ3n) is 2.48. The summed E-state index contributed by atoms with van der Waals surface area (Å²) in [6.07, 6.45) is 0.832. The SMILES string of the molecule is CC1C(O)(O)CCCC1(O)O. The van der Waals surface area contributed by atoms with E-state index in [1.807, 2.05) is 0 Å². The molecule has 0 bridgehead atoms. The number of hydrogen-bond donors (Lipinski definition) is 4. The Morgan fingerprint density at radius 1 is 1.00 bits per heavy atom. The molecule has 1 aliphatic rings. The molecule has 0 unspecified atom stereocenters. The van der Waals surface area contributed by atoms with Crippen molar-refractivity contribution in [2.45, 2.75) is 37.8 Å². The van der Waals surface area contributed by atoms with Gasteiger partial charge in [-0.05, 0) is 6.42 Å². The standard InChI is InChI=1S/C7H14O4/c1-5-6(8,9)3-2-4-7(5,10)11/h5,8-11H,2-4H2,1H3. The molecule has 11 heavy (non-hydrogen) atoms. The normalized spacial score (nSPS) is 30.3. The highest BCUT2D eigenvalue weighted by molar-refractivity contribution is 4.88. The quantitative estimate of drug-likeness (QED) is 0.350. The lowest BCUT2D eigenvalue weighted by Crippen LogP contribution is -2.53. The minimum absolute atomic E-state index is 0.205. The molecular formula is C7H14O4. The Morgan fingerprint density at radius 3 is 1.64 bits per heavy atom. The van der Waals surface area contributed by atoms with Crippen LogP contribution < -0.4 is 0 Å². The van der Waals surface area contributed by atoms with Crippen molar-refractivity contribution < 1.29 is 20.4 Å². The van der Waals surface area contributed by atoms with Crippen molar-refractivity contribution in [3.63, 3.8) is 0 Å². The van der Waals surface area contributed by atoms with E-state index in [2.05, 4.69) is 0 Å². The van der Waals surface area contributed by atoms with Crippen LogP contribution in [0.25, 0.3) is 0 Å². The van der Waals surface area contributed by atoms with Crippen LogP contribution in [0.4, 0.5) is 0 Å². The maximum Gasteiger partial charge on any atom is 0.170 e. The van der Waals surface area contributed by atoms with Gasteiger partial charge in [0.15, 0.2) is 11.6 Å². The van der Waals surface area contributed by atoms with E-state index < -0.39 is 17.5 Å². The molecule has 0 aliphatic heterocycles. The second-order valence-electron chi connectivity index (χ2n) is 3.33. The Labute approximate surface area is 65.1 Å². The van der Waals surface area contributed by atoms with Crippen molar-refractivity contribution in [2.24, 2.45) is 5.92 Å². The van der Waals surface area contributed by atoms with Crippen LogP contribution in [0.5, 0.6) is 0 Å². The number of hydrogen-bond acceptors (Lipinski definition) is 4. The maximum absolute atomic E-state index is 9.21. The molecule has 4 nitrogen and oxygen atoms in total. The molecule has 1 fully saturated rings. The van der Waals surface area contributed by atoms with Gasteiger partial charge < -0.3 is 20.4 Å². The topological polar surface area (TPSA) is 80.9 Å². The lowest BCUT2D eigenvalue weighted by Gasteiger charge is -2.41. The van der Waals surface area contributed by atoms with Crippen LogP contribution in [0.2, 0.25) is 0 Å². The van der Waals surface area contributed by atoms with E-state index in [4.69, 9.17) is 0 Å². The minimum Gasteiger partial charge on any atom is -0.365 e. The fourth-order valence-corrected chi connectivity index (χ4v) is 1.41. The van der Waals surface area contributed by atoms with Crippen LogP contribution in [0.1, 0.15) is 26.2 Å². The smallest absolute Gasteiger partial charge is 0.170 e. The second-order valence-corrected chi connectivity index (χ2v) is 3.33. The lowest BCUT2D eigenvalue weighted by atomic mass is 9.80. The third kappa shape index (κ3) is 1.54. The van der Waals surface area contributed by atoms with E-state index in [0.29, 0.717) is 6.42 Å². The van der Waals surface area contributed by atoms with Gasteiger partial charge in [-0.15, -0.1) is 0 Å². The van der Waals surface area contributed by atoms with Gasteiger partial charge in [0, 0.05) is 12.8 Å². The Kier molecular flexibility index (Phi) is 1.96. The van der Waals surface area contributed by atoms with E-state index in [1.165, 1.54) is 6.92 Å². The summed E-state index contributed by atoms with van der Waals surface area (Å²) in [5.74, 6) is -4.77. The van der Waals surface area contributed by atoms with Crippen molar-refractivity contribution in [3.05, 3.63) is 0 Å². The van der Waals surface area contributed by atoms with Gasteiger partial charge in [-0.1, -0.05) is 6.92 Å². The summed E-state index contributed by atoms with van der Waals surface area (Å²) in [6, 6.07) is 0. The van der Waals surface area contributed by atoms with Crippen LogP contribution in [-0.2, 0) is 0 Å². The molecule has 1 aliphatic carbocycles. The molecule has 0 saturated heterocycles. The minimum atomic E-state index is -1.93. The average Bonchev–Trinajstić information content (AvgIpc) is 1.82. The first-order valence-electron chi connectivity index (χ1n) is 3.76. The number of rotatable bonds is 0. The average molecular weight is 162 g/mol. The van der Waals surface area contributed by atoms with E-state index >= 15 is 0 Å². The fourth-order valence-electron chi connectivity index (χ4n) is 1.41. The molecule has 0 aromatic heterocycles. The van der Waals surface area contributed by atoms with Gasteiger partial charge in [0.1, 0.15) is 0 Å². The molecule has 4 N–H and O–H groups in total. The van der Waals surface area contributed by atoms with Crippen molar-refractivity contribution in [1.82, 2.24) is 0 Å². The number of aliphatic hydroxyl groups is 4. The van der Waals surface area contributed by atoms with E-state index in [-0.39, 0.29) is 12.8 Å². The Hall–Kier alpha value is -0.160. The molecule has 0 radical (unpaired) electrons. The predicted octanol–water partition coefficient (Wildman–Crippen LogP) is -0.832. The first-order valence-corrected chi connectivity index (χ1v) is 3.76.